The summed E-state index contributed by atoms with van der Waals surface area (Å²) >= 11 is 4.88. The van der Waals surface area contributed by atoms with Crippen molar-refractivity contribution in [3.05, 3.63) is 66.6 Å². The van der Waals surface area contributed by atoms with E-state index in [-0.39, 0.29) is 0 Å². The van der Waals surface area contributed by atoms with Crippen molar-refractivity contribution in [3.8, 4) is 11.4 Å². The van der Waals surface area contributed by atoms with Crippen LogP contribution in [-0.2, 0) is 13.6 Å². The minimum Gasteiger partial charge on any atom is -0.364 e. The first-order valence-corrected chi connectivity index (χ1v) is 8.98. The van der Waals surface area contributed by atoms with Crippen LogP contribution in [0.4, 0.5) is 11.5 Å². The summed E-state index contributed by atoms with van der Waals surface area (Å²) in [6.07, 6.45) is 5.60. The molecule has 3 heterocycles. The molecule has 6 nitrogen and oxygen atoms in total. The Hall–Kier alpha value is -3.32. The van der Waals surface area contributed by atoms with Crippen molar-refractivity contribution in [2.24, 2.45) is 7.05 Å². The molecule has 0 saturated carbocycles. The lowest BCUT2D eigenvalue weighted by molar-refractivity contribution is 0.959. The molecule has 0 radical (unpaired) electrons. The number of pyridine rings is 1. The Morgan fingerprint density at radius 3 is 2.89 bits per heavy atom. The summed E-state index contributed by atoms with van der Waals surface area (Å²) in [6, 6.07) is 13.8. The average molecular weight is 374 g/mol. The molecule has 134 valence electrons. The van der Waals surface area contributed by atoms with Gasteiger partial charge < -0.3 is 15.2 Å². The summed E-state index contributed by atoms with van der Waals surface area (Å²) in [7, 11) is 1.99. The van der Waals surface area contributed by atoms with Crippen molar-refractivity contribution >= 4 is 40.2 Å². The highest BCUT2D eigenvalue weighted by Crippen LogP contribution is 2.27. The van der Waals surface area contributed by atoms with E-state index in [1.807, 2.05) is 66.5 Å². The van der Waals surface area contributed by atoms with E-state index in [4.69, 9.17) is 22.2 Å². The van der Waals surface area contributed by atoms with Gasteiger partial charge in [0.15, 0.2) is 11.6 Å². The highest BCUT2D eigenvalue weighted by molar-refractivity contribution is 7.79. The highest BCUT2D eigenvalue weighted by Gasteiger charge is 2.12. The maximum absolute atomic E-state index is 4.88. The van der Waals surface area contributed by atoms with Crippen molar-refractivity contribution in [1.29, 1.82) is 0 Å². The largest absolute Gasteiger partial charge is 0.364 e. The second kappa shape index (κ2) is 7.51. The Bertz CT molecular complexity index is 1090. The average Bonchev–Trinajstić information content (AvgIpc) is 3.08. The molecule has 0 amide bonds. The lowest BCUT2D eigenvalue weighted by atomic mass is 10.2. The first-order valence-electron chi connectivity index (χ1n) is 8.51. The molecule has 2 N–H and O–H groups in total. The third kappa shape index (κ3) is 3.63. The van der Waals surface area contributed by atoms with E-state index in [0.717, 1.165) is 33.7 Å². The lowest BCUT2D eigenvalue weighted by Gasteiger charge is -2.11. The molecule has 0 aliphatic carbocycles. The van der Waals surface area contributed by atoms with Gasteiger partial charge in [-0.15, -0.1) is 0 Å². The predicted octanol–water partition coefficient (Wildman–Crippen LogP) is 4.01. The molecular weight excluding hydrogens is 356 g/mol. The smallest absolute Gasteiger partial charge is 0.162 e. The standard InChI is InChI=1S/C20H18N6S/c1-26-9-7-17-18(26)20(22-12-14-4-3-8-21-11-14)25-19(24-17)15-5-2-6-16(10-15)23-13-27/h2-11,13H,12H2,1H3,(H,23,27)(H,22,24,25). The molecule has 0 saturated heterocycles. The van der Waals surface area contributed by atoms with E-state index in [1.165, 1.54) is 5.49 Å². The van der Waals surface area contributed by atoms with Crippen LogP contribution in [0.25, 0.3) is 22.4 Å². The van der Waals surface area contributed by atoms with Gasteiger partial charge in [-0.2, -0.15) is 0 Å². The molecule has 0 spiro atoms. The molecule has 4 aromatic rings. The van der Waals surface area contributed by atoms with Crippen LogP contribution in [0.3, 0.4) is 0 Å². The van der Waals surface area contributed by atoms with Gasteiger partial charge in [-0.25, -0.2) is 9.97 Å². The first kappa shape index (κ1) is 17.1. The Morgan fingerprint density at radius 2 is 2.07 bits per heavy atom. The summed E-state index contributed by atoms with van der Waals surface area (Å²) in [5, 5.41) is 6.46. The van der Waals surface area contributed by atoms with Crippen molar-refractivity contribution in [2.75, 3.05) is 10.6 Å². The zero-order chi connectivity index (χ0) is 18.6. The van der Waals surface area contributed by atoms with Crippen molar-refractivity contribution < 1.29 is 0 Å². The summed E-state index contributed by atoms with van der Waals surface area (Å²) in [5.74, 6) is 1.45. The van der Waals surface area contributed by atoms with Crippen molar-refractivity contribution in [2.45, 2.75) is 6.54 Å². The molecule has 27 heavy (non-hydrogen) atoms. The minimum atomic E-state index is 0.636. The van der Waals surface area contributed by atoms with Gasteiger partial charge in [-0.05, 0) is 29.8 Å². The Labute approximate surface area is 162 Å². The number of fused-ring (bicyclic) bond motifs is 1. The summed E-state index contributed by atoms with van der Waals surface area (Å²) in [4.78, 5) is 13.7. The first-order chi connectivity index (χ1) is 13.2. The van der Waals surface area contributed by atoms with Crippen LogP contribution in [0.15, 0.2) is 61.1 Å². The number of aryl methyl sites for hydroxylation is 1. The van der Waals surface area contributed by atoms with Crippen LogP contribution >= 0.6 is 12.2 Å². The van der Waals surface area contributed by atoms with E-state index in [1.54, 1.807) is 6.20 Å². The molecule has 0 atom stereocenters. The fourth-order valence-electron chi connectivity index (χ4n) is 2.95. The number of benzene rings is 1. The molecule has 0 unspecified atom stereocenters. The van der Waals surface area contributed by atoms with Gasteiger partial charge in [0.1, 0.15) is 5.52 Å². The summed E-state index contributed by atoms with van der Waals surface area (Å²) in [5.41, 5.74) is 6.27. The molecule has 7 heteroatoms. The maximum Gasteiger partial charge on any atom is 0.162 e. The second-order valence-electron chi connectivity index (χ2n) is 6.11. The highest BCUT2D eigenvalue weighted by atomic mass is 32.1. The fraction of sp³-hybridized carbons (Fsp3) is 0.100. The molecule has 4 rings (SSSR count). The van der Waals surface area contributed by atoms with E-state index in [9.17, 15) is 0 Å². The summed E-state index contributed by atoms with van der Waals surface area (Å²) in [6.45, 7) is 0.636. The maximum atomic E-state index is 4.88. The fourth-order valence-corrected chi connectivity index (χ4v) is 3.09. The van der Waals surface area contributed by atoms with Gasteiger partial charge in [0.25, 0.3) is 0 Å². The molecule has 3 aromatic heterocycles. The second-order valence-corrected chi connectivity index (χ2v) is 6.35. The molecule has 0 fully saturated rings. The quantitative estimate of drug-likeness (QED) is 0.497. The van der Waals surface area contributed by atoms with E-state index in [0.29, 0.717) is 12.4 Å². The third-order valence-electron chi connectivity index (χ3n) is 4.25. The van der Waals surface area contributed by atoms with Crippen LogP contribution < -0.4 is 10.6 Å². The summed E-state index contributed by atoms with van der Waals surface area (Å²) < 4.78 is 2.02. The molecule has 0 bridgehead atoms. The van der Waals surface area contributed by atoms with Crippen LogP contribution in [-0.4, -0.2) is 25.0 Å². The van der Waals surface area contributed by atoms with E-state index >= 15 is 0 Å². The van der Waals surface area contributed by atoms with Gasteiger partial charge in [0, 0.05) is 43.4 Å². The molecule has 1 aromatic carbocycles. The van der Waals surface area contributed by atoms with E-state index in [2.05, 4.69) is 15.6 Å². The van der Waals surface area contributed by atoms with Crippen LogP contribution in [0.1, 0.15) is 5.56 Å². The van der Waals surface area contributed by atoms with Crippen molar-refractivity contribution in [3.63, 3.8) is 0 Å². The van der Waals surface area contributed by atoms with Crippen LogP contribution in [0.2, 0.25) is 0 Å². The number of thiocarbonyl (C=S) groups is 1. The lowest BCUT2D eigenvalue weighted by Crippen LogP contribution is -2.06. The molecule has 0 aliphatic heterocycles. The van der Waals surface area contributed by atoms with Gasteiger partial charge in [-0.1, -0.05) is 30.4 Å². The zero-order valence-electron chi connectivity index (χ0n) is 14.8. The number of nitrogens with zero attached hydrogens (tertiary/aromatic N) is 4. The van der Waals surface area contributed by atoms with Crippen LogP contribution in [0.5, 0.6) is 0 Å². The molecule has 0 aliphatic rings. The SMILES string of the molecule is Cn1ccc2nc(-c3cccc(NC=S)c3)nc(NCc3cccnc3)c21. The Morgan fingerprint density at radius 1 is 1.15 bits per heavy atom. The number of aromatic nitrogens is 4. The topological polar surface area (TPSA) is 67.7 Å². The Balaban J connectivity index is 1.74. The van der Waals surface area contributed by atoms with Crippen molar-refractivity contribution in [1.82, 2.24) is 19.5 Å². The molecular formula is C20H18N6S. The van der Waals surface area contributed by atoms with Crippen LogP contribution in [0, 0.1) is 0 Å². The van der Waals surface area contributed by atoms with E-state index < -0.39 is 0 Å². The normalized spacial score (nSPS) is 10.7. The number of hydrogen-bond donors (Lipinski definition) is 2. The number of rotatable bonds is 6. The van der Waals surface area contributed by atoms with Gasteiger partial charge in [0.2, 0.25) is 0 Å². The van der Waals surface area contributed by atoms with Gasteiger partial charge in [0.05, 0.1) is 11.0 Å². The number of hydrogen-bond acceptors (Lipinski definition) is 5. The monoisotopic (exact) mass is 374 g/mol. The predicted molar refractivity (Wildman–Crippen MR) is 113 cm³/mol. The van der Waals surface area contributed by atoms with Gasteiger partial charge >= 0.3 is 0 Å². The third-order valence-corrected chi connectivity index (χ3v) is 4.37. The zero-order valence-corrected chi connectivity index (χ0v) is 15.6. The Kier molecular flexibility index (Phi) is 4.76. The van der Waals surface area contributed by atoms with Gasteiger partial charge in [-0.3, -0.25) is 4.98 Å². The minimum absolute atomic E-state index is 0.636. The number of nitrogens with one attached hydrogen (secondary N) is 2. The number of anilines is 2.